The maximum Gasteiger partial charge on any atom is 0.150 e. The smallest absolute Gasteiger partial charge is 0.150 e. The van der Waals surface area contributed by atoms with Crippen molar-refractivity contribution in [2.75, 3.05) is 20.2 Å². The van der Waals surface area contributed by atoms with Gasteiger partial charge in [0, 0.05) is 43.3 Å². The second kappa shape index (κ2) is 6.42. The van der Waals surface area contributed by atoms with Crippen molar-refractivity contribution in [3.63, 3.8) is 0 Å². The van der Waals surface area contributed by atoms with Gasteiger partial charge in [-0.1, -0.05) is 13.8 Å². The molecule has 2 aliphatic heterocycles. The minimum Gasteiger partial charge on any atom is -0.381 e. The molecule has 0 aromatic carbocycles. The van der Waals surface area contributed by atoms with E-state index in [-0.39, 0.29) is 11.5 Å². The number of nitrogens with one attached hydrogen (secondary N) is 1. The van der Waals surface area contributed by atoms with Gasteiger partial charge in [-0.2, -0.15) is 5.26 Å². The van der Waals surface area contributed by atoms with E-state index < -0.39 is 5.54 Å². The standard InChI is InChI=1S/C19H26N4O2/c1-13-21-15-5-7-19(11-20,9-14(15)16(10-24)22-13)23-8-6-17(25-4)18(2,3)12-23/h17H,5-9,12H2,1-4H3,(H,21,22). The number of amidine groups is 1. The van der Waals surface area contributed by atoms with Gasteiger partial charge in [-0.15, -0.1) is 0 Å². The van der Waals surface area contributed by atoms with Crippen molar-refractivity contribution in [3.8, 4) is 6.07 Å². The fraction of sp³-hybridized carbons (Fsp3) is 0.684. The zero-order chi connectivity index (χ0) is 18.2. The average Bonchev–Trinajstić information content (AvgIpc) is 2.59. The number of nitriles is 1. The third-order valence-electron chi connectivity index (χ3n) is 5.83. The number of hydrogen-bond acceptors (Lipinski definition) is 6. The van der Waals surface area contributed by atoms with Crippen LogP contribution in [0.1, 0.15) is 46.5 Å². The van der Waals surface area contributed by atoms with Crippen molar-refractivity contribution in [1.82, 2.24) is 10.2 Å². The van der Waals surface area contributed by atoms with Crippen LogP contribution in [0.3, 0.4) is 0 Å². The fourth-order valence-electron chi connectivity index (χ4n) is 4.46. The predicted octanol–water partition coefficient (Wildman–Crippen LogP) is 2.17. The maximum absolute atomic E-state index is 11.4. The van der Waals surface area contributed by atoms with E-state index in [1.165, 1.54) is 0 Å². The van der Waals surface area contributed by atoms with Crippen LogP contribution in [0.5, 0.6) is 0 Å². The molecule has 6 nitrogen and oxygen atoms in total. The van der Waals surface area contributed by atoms with Gasteiger partial charge in [-0.3, -0.25) is 4.90 Å². The molecule has 0 aromatic rings. The minimum absolute atomic E-state index is 0.0195. The summed E-state index contributed by atoms with van der Waals surface area (Å²) in [6, 6.07) is 2.58. The number of rotatable bonds is 2. The van der Waals surface area contributed by atoms with E-state index in [2.05, 4.69) is 35.1 Å². The normalized spacial score (nSPS) is 32.2. The van der Waals surface area contributed by atoms with Gasteiger partial charge in [0.25, 0.3) is 0 Å². The molecule has 1 fully saturated rings. The first-order valence-corrected chi connectivity index (χ1v) is 8.84. The van der Waals surface area contributed by atoms with E-state index in [1.807, 2.05) is 12.9 Å². The van der Waals surface area contributed by atoms with Gasteiger partial charge in [0.05, 0.1) is 12.2 Å². The van der Waals surface area contributed by atoms with Gasteiger partial charge in [0.2, 0.25) is 0 Å². The van der Waals surface area contributed by atoms with Crippen molar-refractivity contribution in [2.24, 2.45) is 10.4 Å². The lowest BCUT2D eigenvalue weighted by Gasteiger charge is -2.51. The van der Waals surface area contributed by atoms with Crippen LogP contribution < -0.4 is 5.32 Å². The van der Waals surface area contributed by atoms with Gasteiger partial charge >= 0.3 is 0 Å². The van der Waals surface area contributed by atoms with E-state index >= 15 is 0 Å². The van der Waals surface area contributed by atoms with Gasteiger partial charge in [-0.25, -0.2) is 9.79 Å². The SMILES string of the molecule is COC1CCN(C2(C#N)CCC3=C(C2)C(=C=O)NC(C)=N3)CC1(C)C. The molecule has 2 heterocycles. The van der Waals surface area contributed by atoms with Crippen molar-refractivity contribution >= 4 is 11.8 Å². The van der Waals surface area contributed by atoms with Crippen LogP contribution in [0.25, 0.3) is 0 Å². The minimum atomic E-state index is -0.598. The Morgan fingerprint density at radius 2 is 2.20 bits per heavy atom. The topological polar surface area (TPSA) is 77.7 Å². The summed E-state index contributed by atoms with van der Waals surface area (Å²) in [7, 11) is 1.76. The molecule has 2 atom stereocenters. The molecule has 1 saturated heterocycles. The Morgan fingerprint density at radius 1 is 1.44 bits per heavy atom. The molecule has 0 aromatic heterocycles. The summed E-state index contributed by atoms with van der Waals surface area (Å²) in [5.74, 6) is 2.71. The van der Waals surface area contributed by atoms with Gasteiger partial charge < -0.3 is 10.1 Å². The number of allylic oxidation sites excluding steroid dienone is 2. The zero-order valence-electron chi connectivity index (χ0n) is 15.5. The van der Waals surface area contributed by atoms with Crippen LogP contribution in [0.15, 0.2) is 22.0 Å². The first kappa shape index (κ1) is 17.9. The third-order valence-corrected chi connectivity index (χ3v) is 5.83. The van der Waals surface area contributed by atoms with E-state index in [9.17, 15) is 10.1 Å². The molecule has 0 amide bonds. The molecule has 25 heavy (non-hydrogen) atoms. The number of piperidine rings is 1. The van der Waals surface area contributed by atoms with Crippen LogP contribution in [-0.2, 0) is 9.53 Å². The maximum atomic E-state index is 11.4. The average molecular weight is 342 g/mol. The Bertz CT molecular complexity index is 724. The summed E-state index contributed by atoms with van der Waals surface area (Å²) < 4.78 is 5.64. The Morgan fingerprint density at radius 3 is 2.80 bits per heavy atom. The molecule has 1 aliphatic carbocycles. The van der Waals surface area contributed by atoms with E-state index in [4.69, 9.17) is 4.74 Å². The van der Waals surface area contributed by atoms with Gasteiger partial charge in [-0.05, 0) is 26.2 Å². The quantitative estimate of drug-likeness (QED) is 0.778. The zero-order valence-corrected chi connectivity index (χ0v) is 15.5. The van der Waals surface area contributed by atoms with E-state index in [1.54, 1.807) is 7.11 Å². The summed E-state index contributed by atoms with van der Waals surface area (Å²) in [4.78, 5) is 18.2. The summed E-state index contributed by atoms with van der Waals surface area (Å²) in [5, 5.41) is 13.1. The molecule has 6 heteroatoms. The highest BCUT2D eigenvalue weighted by molar-refractivity contribution is 5.87. The summed E-state index contributed by atoms with van der Waals surface area (Å²) in [5.41, 5.74) is 1.59. The Labute approximate surface area is 149 Å². The number of hydrogen-bond donors (Lipinski definition) is 1. The number of aliphatic imine (C=N–C) groups is 1. The molecular formula is C19H26N4O2. The van der Waals surface area contributed by atoms with Crippen molar-refractivity contribution in [1.29, 1.82) is 5.26 Å². The Kier molecular flexibility index (Phi) is 4.59. The molecule has 134 valence electrons. The fourth-order valence-corrected chi connectivity index (χ4v) is 4.46. The second-order valence-corrected chi connectivity index (χ2v) is 7.97. The number of carbonyl (C=O) groups excluding carboxylic acids is 1. The van der Waals surface area contributed by atoms with Crippen molar-refractivity contribution < 1.29 is 9.53 Å². The van der Waals surface area contributed by atoms with Crippen LogP contribution in [0, 0.1) is 16.7 Å². The summed E-state index contributed by atoms with van der Waals surface area (Å²) in [6.45, 7) is 7.85. The van der Waals surface area contributed by atoms with Crippen molar-refractivity contribution in [3.05, 3.63) is 17.0 Å². The van der Waals surface area contributed by atoms with Crippen molar-refractivity contribution in [2.45, 2.75) is 58.1 Å². The lowest BCUT2D eigenvalue weighted by atomic mass is 9.74. The number of nitrogens with zero attached hydrogens (tertiary/aromatic N) is 3. The summed E-state index contributed by atoms with van der Waals surface area (Å²) in [6.07, 6.45) is 3.06. The highest BCUT2D eigenvalue weighted by Gasteiger charge is 2.48. The third kappa shape index (κ3) is 3.04. The molecule has 1 N–H and O–H groups in total. The molecular weight excluding hydrogens is 316 g/mol. The van der Waals surface area contributed by atoms with Gasteiger partial charge in [0.1, 0.15) is 17.1 Å². The van der Waals surface area contributed by atoms with Crippen LogP contribution in [-0.4, -0.2) is 48.5 Å². The molecule has 3 aliphatic rings. The molecule has 0 saturated carbocycles. The van der Waals surface area contributed by atoms with E-state index in [0.29, 0.717) is 24.4 Å². The molecule has 3 rings (SSSR count). The molecule has 0 radical (unpaired) electrons. The Balaban J connectivity index is 1.91. The monoisotopic (exact) mass is 342 g/mol. The van der Waals surface area contributed by atoms with Crippen LogP contribution in [0.4, 0.5) is 0 Å². The molecule has 0 spiro atoms. The first-order chi connectivity index (χ1) is 11.8. The lowest BCUT2D eigenvalue weighted by molar-refractivity contribution is -0.0739. The van der Waals surface area contributed by atoms with Gasteiger partial charge in [0.15, 0.2) is 5.94 Å². The lowest BCUT2D eigenvalue weighted by Crippen LogP contribution is -2.59. The van der Waals surface area contributed by atoms with Crippen LogP contribution >= 0.6 is 0 Å². The number of likely N-dealkylation sites (tertiary alicyclic amines) is 1. The highest BCUT2D eigenvalue weighted by atomic mass is 16.5. The first-order valence-electron chi connectivity index (χ1n) is 8.84. The van der Waals surface area contributed by atoms with E-state index in [0.717, 1.165) is 37.2 Å². The second-order valence-electron chi connectivity index (χ2n) is 7.97. The predicted molar refractivity (Wildman–Crippen MR) is 95.4 cm³/mol. The van der Waals surface area contributed by atoms with Crippen LogP contribution in [0.2, 0.25) is 0 Å². The molecule has 0 bridgehead atoms. The number of methoxy groups -OCH3 is 1. The highest BCUT2D eigenvalue weighted by Crippen LogP contribution is 2.43. The largest absolute Gasteiger partial charge is 0.381 e. The Hall–Kier alpha value is -1.93. The summed E-state index contributed by atoms with van der Waals surface area (Å²) >= 11 is 0. The molecule has 2 unspecified atom stereocenters. The number of ether oxygens (including phenoxy) is 1.